The highest BCUT2D eigenvalue weighted by Gasteiger charge is 2.23. The molecule has 1 aliphatic rings. The van der Waals surface area contributed by atoms with Gasteiger partial charge in [0.1, 0.15) is 0 Å². The molecule has 3 rings (SSSR count). The fraction of sp³-hybridized carbons (Fsp3) is 0.368. The van der Waals surface area contributed by atoms with Crippen LogP contribution in [0.2, 0.25) is 5.02 Å². The van der Waals surface area contributed by atoms with Crippen LogP contribution in [0, 0.1) is 0 Å². The first-order valence-corrected chi connectivity index (χ1v) is 9.37. The summed E-state index contributed by atoms with van der Waals surface area (Å²) in [7, 11) is 0. The summed E-state index contributed by atoms with van der Waals surface area (Å²) < 4.78 is 1.02. The summed E-state index contributed by atoms with van der Waals surface area (Å²) in [5, 5.41) is 0.779. The number of anilines is 2. The number of benzene rings is 2. The number of halogens is 2. The maximum atomic E-state index is 6.31. The third-order valence-electron chi connectivity index (χ3n) is 4.58. The molecule has 0 amide bonds. The number of hydrogen-bond donors (Lipinski definition) is 1. The first kappa shape index (κ1) is 16.7. The molecule has 2 aromatic rings. The first-order valence-electron chi connectivity index (χ1n) is 8.19. The maximum absolute atomic E-state index is 6.31. The molecule has 2 nitrogen and oxygen atoms in total. The van der Waals surface area contributed by atoms with Crippen molar-refractivity contribution in [3.63, 3.8) is 0 Å². The van der Waals surface area contributed by atoms with Crippen molar-refractivity contribution in [1.29, 1.82) is 0 Å². The van der Waals surface area contributed by atoms with Crippen LogP contribution in [0.4, 0.5) is 11.4 Å². The van der Waals surface area contributed by atoms with Crippen LogP contribution in [0.25, 0.3) is 0 Å². The summed E-state index contributed by atoms with van der Waals surface area (Å²) in [4.78, 5) is 2.48. The van der Waals surface area contributed by atoms with Gasteiger partial charge in [-0.3, -0.25) is 0 Å². The van der Waals surface area contributed by atoms with Crippen LogP contribution in [0.5, 0.6) is 0 Å². The molecule has 4 heteroatoms. The average molecular weight is 394 g/mol. The molecule has 0 aromatic heterocycles. The van der Waals surface area contributed by atoms with Gasteiger partial charge in [0.2, 0.25) is 0 Å². The molecule has 0 spiro atoms. The van der Waals surface area contributed by atoms with Crippen LogP contribution in [0.1, 0.15) is 37.7 Å². The second-order valence-electron chi connectivity index (χ2n) is 6.25. The monoisotopic (exact) mass is 392 g/mol. The largest absolute Gasteiger partial charge is 0.397 e. The van der Waals surface area contributed by atoms with Crippen LogP contribution < -0.4 is 10.6 Å². The molecular formula is C19H22BrClN2. The van der Waals surface area contributed by atoms with E-state index in [2.05, 4.69) is 45.1 Å². The van der Waals surface area contributed by atoms with Gasteiger partial charge in [0.05, 0.1) is 11.4 Å². The second kappa shape index (κ2) is 7.59. The van der Waals surface area contributed by atoms with Crippen molar-refractivity contribution in [2.75, 3.05) is 10.6 Å². The van der Waals surface area contributed by atoms with E-state index in [-0.39, 0.29) is 0 Å². The Labute approximate surface area is 151 Å². The molecule has 2 aromatic carbocycles. The zero-order valence-corrected chi connectivity index (χ0v) is 15.5. The van der Waals surface area contributed by atoms with Crippen molar-refractivity contribution in [3.05, 3.63) is 57.5 Å². The van der Waals surface area contributed by atoms with Gasteiger partial charge in [-0.05, 0) is 48.7 Å². The Hall–Kier alpha value is -1.19. The molecule has 0 unspecified atom stereocenters. The molecule has 2 N–H and O–H groups in total. The SMILES string of the molecule is Nc1cc(Br)ccc1N(Cc1ccc(Cl)cc1)C1CCCCC1. The Morgan fingerprint density at radius 1 is 1.04 bits per heavy atom. The smallest absolute Gasteiger partial charge is 0.0606 e. The third-order valence-corrected chi connectivity index (χ3v) is 5.33. The highest BCUT2D eigenvalue weighted by atomic mass is 79.9. The predicted molar refractivity (Wildman–Crippen MR) is 103 cm³/mol. The fourth-order valence-corrected chi connectivity index (χ4v) is 3.88. The summed E-state index contributed by atoms with van der Waals surface area (Å²) in [6, 6.07) is 14.9. The molecular weight excluding hydrogens is 372 g/mol. The Kier molecular flexibility index (Phi) is 5.50. The Balaban J connectivity index is 1.90. The molecule has 0 atom stereocenters. The minimum Gasteiger partial charge on any atom is -0.397 e. The number of nitrogens with two attached hydrogens (primary N) is 1. The molecule has 0 heterocycles. The summed E-state index contributed by atoms with van der Waals surface area (Å²) in [6.07, 6.45) is 6.43. The fourth-order valence-electron chi connectivity index (χ4n) is 3.38. The lowest BCUT2D eigenvalue weighted by molar-refractivity contribution is 0.413. The Bertz CT molecular complexity index is 651. The first-order chi connectivity index (χ1) is 11.1. The van der Waals surface area contributed by atoms with Gasteiger partial charge in [-0.2, -0.15) is 0 Å². The quantitative estimate of drug-likeness (QED) is 0.643. The molecule has 0 radical (unpaired) electrons. The molecule has 0 bridgehead atoms. The Morgan fingerprint density at radius 2 is 1.74 bits per heavy atom. The molecule has 1 fully saturated rings. The molecule has 0 aliphatic heterocycles. The molecule has 122 valence electrons. The second-order valence-corrected chi connectivity index (χ2v) is 7.60. The normalized spacial score (nSPS) is 15.6. The molecule has 23 heavy (non-hydrogen) atoms. The van der Waals surface area contributed by atoms with E-state index in [1.54, 1.807) is 0 Å². The van der Waals surface area contributed by atoms with Gasteiger partial charge in [0.15, 0.2) is 0 Å². The van der Waals surface area contributed by atoms with E-state index < -0.39 is 0 Å². The van der Waals surface area contributed by atoms with E-state index in [0.29, 0.717) is 6.04 Å². The van der Waals surface area contributed by atoms with Gasteiger partial charge >= 0.3 is 0 Å². The van der Waals surface area contributed by atoms with Gasteiger partial charge < -0.3 is 10.6 Å². The van der Waals surface area contributed by atoms with Crippen LogP contribution in [-0.4, -0.2) is 6.04 Å². The number of nitrogens with zero attached hydrogens (tertiary/aromatic N) is 1. The van der Waals surface area contributed by atoms with E-state index in [1.807, 2.05) is 18.2 Å². The van der Waals surface area contributed by atoms with E-state index in [4.69, 9.17) is 17.3 Å². The standard InChI is InChI=1S/C19H22BrClN2/c20-15-8-11-19(18(22)12-15)23(17-4-2-1-3-5-17)13-14-6-9-16(21)10-7-14/h6-12,17H,1-5,13,22H2. The zero-order valence-electron chi connectivity index (χ0n) is 13.1. The summed E-state index contributed by atoms with van der Waals surface area (Å²) >= 11 is 9.52. The van der Waals surface area contributed by atoms with Crippen molar-refractivity contribution in [2.24, 2.45) is 0 Å². The van der Waals surface area contributed by atoms with Crippen molar-refractivity contribution < 1.29 is 0 Å². The number of rotatable bonds is 4. The topological polar surface area (TPSA) is 29.3 Å². The highest BCUT2D eigenvalue weighted by Crippen LogP contribution is 2.34. The van der Waals surface area contributed by atoms with Crippen LogP contribution >= 0.6 is 27.5 Å². The van der Waals surface area contributed by atoms with Crippen LogP contribution in [0.15, 0.2) is 46.9 Å². The van der Waals surface area contributed by atoms with Crippen LogP contribution in [0.3, 0.4) is 0 Å². The van der Waals surface area contributed by atoms with Crippen molar-refractivity contribution >= 4 is 38.9 Å². The van der Waals surface area contributed by atoms with Crippen molar-refractivity contribution in [2.45, 2.75) is 44.7 Å². The van der Waals surface area contributed by atoms with E-state index >= 15 is 0 Å². The highest BCUT2D eigenvalue weighted by molar-refractivity contribution is 9.10. The van der Waals surface area contributed by atoms with Gasteiger partial charge in [0, 0.05) is 22.1 Å². The lowest BCUT2D eigenvalue weighted by Crippen LogP contribution is -2.36. The van der Waals surface area contributed by atoms with E-state index in [9.17, 15) is 0 Å². The van der Waals surface area contributed by atoms with Crippen molar-refractivity contribution in [3.8, 4) is 0 Å². The van der Waals surface area contributed by atoms with E-state index in [1.165, 1.54) is 37.7 Å². The number of hydrogen-bond acceptors (Lipinski definition) is 2. The lowest BCUT2D eigenvalue weighted by atomic mass is 9.93. The number of nitrogen functional groups attached to an aromatic ring is 1. The lowest BCUT2D eigenvalue weighted by Gasteiger charge is -2.37. The van der Waals surface area contributed by atoms with Gasteiger partial charge in [-0.1, -0.05) is 58.9 Å². The molecule has 0 saturated heterocycles. The predicted octanol–water partition coefficient (Wildman–Crippen LogP) is 6.02. The molecule has 1 aliphatic carbocycles. The summed E-state index contributed by atoms with van der Waals surface area (Å²) in [6.45, 7) is 0.869. The van der Waals surface area contributed by atoms with Gasteiger partial charge in [0.25, 0.3) is 0 Å². The summed E-state index contributed by atoms with van der Waals surface area (Å²) in [5.74, 6) is 0. The van der Waals surface area contributed by atoms with Crippen molar-refractivity contribution in [1.82, 2.24) is 0 Å². The Morgan fingerprint density at radius 3 is 2.39 bits per heavy atom. The van der Waals surface area contributed by atoms with E-state index in [0.717, 1.165) is 27.4 Å². The van der Waals surface area contributed by atoms with Gasteiger partial charge in [-0.15, -0.1) is 0 Å². The molecule has 1 saturated carbocycles. The summed E-state index contributed by atoms with van der Waals surface area (Å²) in [5.41, 5.74) is 9.55. The zero-order chi connectivity index (χ0) is 16.2. The van der Waals surface area contributed by atoms with Gasteiger partial charge in [-0.25, -0.2) is 0 Å². The average Bonchev–Trinajstić information content (AvgIpc) is 2.56. The minimum atomic E-state index is 0.558. The maximum Gasteiger partial charge on any atom is 0.0606 e. The minimum absolute atomic E-state index is 0.558. The third kappa shape index (κ3) is 4.21. The van der Waals surface area contributed by atoms with Crippen LogP contribution in [-0.2, 0) is 6.54 Å².